The lowest BCUT2D eigenvalue weighted by Gasteiger charge is -2.05. The van der Waals surface area contributed by atoms with E-state index in [4.69, 9.17) is 5.11 Å². The first-order valence-electron chi connectivity index (χ1n) is 6.13. The van der Waals surface area contributed by atoms with Gasteiger partial charge in [0, 0.05) is 23.6 Å². The third-order valence-corrected chi connectivity index (χ3v) is 3.81. The Balaban J connectivity index is 2.06. The number of para-hydroxylation sites is 1. The van der Waals surface area contributed by atoms with Crippen molar-refractivity contribution in [3.8, 4) is 0 Å². The summed E-state index contributed by atoms with van der Waals surface area (Å²) in [5.74, 6) is -0.515. The molecule has 0 amide bonds. The molecule has 108 valence electrons. The molecule has 1 aromatic heterocycles. The van der Waals surface area contributed by atoms with Crippen molar-refractivity contribution >= 4 is 23.4 Å². The predicted octanol–water partition coefficient (Wildman–Crippen LogP) is 3.02. The second-order valence-corrected chi connectivity index (χ2v) is 5.23. The maximum absolute atomic E-state index is 11.1. The number of hydrogen-bond acceptors (Lipinski definition) is 5. The Morgan fingerprint density at radius 2 is 2.05 bits per heavy atom. The van der Waals surface area contributed by atoms with Crippen molar-refractivity contribution in [3.63, 3.8) is 0 Å². The molecule has 21 heavy (non-hydrogen) atoms. The Morgan fingerprint density at radius 1 is 1.29 bits per heavy atom. The zero-order valence-corrected chi connectivity index (χ0v) is 11.7. The summed E-state index contributed by atoms with van der Waals surface area (Å²) in [6.07, 6.45) is 2.00. The molecule has 0 aliphatic carbocycles. The lowest BCUT2D eigenvalue weighted by molar-refractivity contribution is -0.385. The number of aryl methyl sites for hydroxylation is 1. The number of carboxylic acids is 1. The largest absolute Gasteiger partial charge is 0.478 e. The molecule has 2 aromatic rings. The molecule has 0 unspecified atom stereocenters. The van der Waals surface area contributed by atoms with Gasteiger partial charge in [0.2, 0.25) is 0 Å². The van der Waals surface area contributed by atoms with Crippen LogP contribution < -0.4 is 0 Å². The number of pyridine rings is 1. The maximum atomic E-state index is 11.1. The molecule has 0 radical (unpaired) electrons. The minimum absolute atomic E-state index is 0.0811. The highest BCUT2D eigenvalue weighted by molar-refractivity contribution is 7.99. The summed E-state index contributed by atoms with van der Waals surface area (Å²) in [5, 5.41) is 20.4. The van der Waals surface area contributed by atoms with Gasteiger partial charge < -0.3 is 5.11 Å². The van der Waals surface area contributed by atoms with Gasteiger partial charge in [-0.1, -0.05) is 18.2 Å². The second kappa shape index (κ2) is 6.85. The van der Waals surface area contributed by atoms with Crippen LogP contribution in [-0.2, 0) is 6.42 Å². The highest BCUT2D eigenvalue weighted by Gasteiger charge is 2.14. The summed E-state index contributed by atoms with van der Waals surface area (Å²) in [7, 11) is 0. The first kappa shape index (κ1) is 15.0. The van der Waals surface area contributed by atoms with Gasteiger partial charge in [0.1, 0.15) is 5.03 Å². The van der Waals surface area contributed by atoms with Crippen molar-refractivity contribution in [3.05, 3.63) is 63.8 Å². The van der Waals surface area contributed by atoms with Gasteiger partial charge in [0.25, 0.3) is 5.69 Å². The molecule has 0 aliphatic rings. The topological polar surface area (TPSA) is 93.3 Å². The van der Waals surface area contributed by atoms with Gasteiger partial charge in [-0.25, -0.2) is 9.78 Å². The zero-order valence-electron chi connectivity index (χ0n) is 10.9. The Bertz CT molecular complexity index is 618. The van der Waals surface area contributed by atoms with Crippen LogP contribution in [0, 0.1) is 10.1 Å². The molecule has 1 heterocycles. The summed E-state index contributed by atoms with van der Waals surface area (Å²) in [5.41, 5.74) is 0.852. The van der Waals surface area contributed by atoms with Crippen LogP contribution in [0.5, 0.6) is 0 Å². The molecular weight excluding hydrogens is 292 g/mol. The van der Waals surface area contributed by atoms with E-state index in [2.05, 4.69) is 4.98 Å². The second-order valence-electron chi connectivity index (χ2n) is 4.15. The Morgan fingerprint density at radius 3 is 2.76 bits per heavy atom. The molecule has 1 N–H and O–H groups in total. The van der Waals surface area contributed by atoms with Crippen molar-refractivity contribution in [1.29, 1.82) is 0 Å². The van der Waals surface area contributed by atoms with E-state index in [1.165, 1.54) is 30.1 Å². The van der Waals surface area contributed by atoms with Gasteiger partial charge in [-0.3, -0.25) is 10.1 Å². The number of benzene rings is 1. The molecule has 0 spiro atoms. The Kier molecular flexibility index (Phi) is 4.89. The molecule has 0 atom stereocenters. The molecule has 0 saturated heterocycles. The maximum Gasteiger partial charge on any atom is 0.338 e. The fraction of sp³-hybridized carbons (Fsp3) is 0.143. The number of rotatable bonds is 6. The number of carbonyl (C=O) groups is 1. The standard InChI is InChI=1S/C14H12N2O4S/c17-14(18)11-5-3-8-15-13(11)21-9-7-10-4-1-2-6-12(10)16(19)20/h1-6,8H,7,9H2,(H,17,18). The molecule has 0 bridgehead atoms. The van der Waals surface area contributed by atoms with Crippen LogP contribution in [0.4, 0.5) is 5.69 Å². The van der Waals surface area contributed by atoms with Crippen LogP contribution in [0.1, 0.15) is 15.9 Å². The van der Waals surface area contributed by atoms with Gasteiger partial charge >= 0.3 is 5.97 Å². The van der Waals surface area contributed by atoms with Crippen molar-refractivity contribution < 1.29 is 14.8 Å². The van der Waals surface area contributed by atoms with Crippen molar-refractivity contribution in [2.24, 2.45) is 0 Å². The Hall–Kier alpha value is -2.41. The summed E-state index contributed by atoms with van der Waals surface area (Å²) < 4.78 is 0. The number of nitro groups is 1. The van der Waals surface area contributed by atoms with Crippen LogP contribution in [0.25, 0.3) is 0 Å². The average Bonchev–Trinajstić information content (AvgIpc) is 2.48. The van der Waals surface area contributed by atoms with Crippen LogP contribution in [0.3, 0.4) is 0 Å². The van der Waals surface area contributed by atoms with Gasteiger partial charge in [0.15, 0.2) is 0 Å². The van der Waals surface area contributed by atoms with Crippen molar-refractivity contribution in [1.82, 2.24) is 4.98 Å². The highest BCUT2D eigenvalue weighted by atomic mass is 32.2. The molecule has 7 heteroatoms. The normalized spacial score (nSPS) is 10.3. The van der Waals surface area contributed by atoms with Crippen LogP contribution in [0.15, 0.2) is 47.6 Å². The number of thioether (sulfide) groups is 1. The molecule has 2 rings (SSSR count). The van der Waals surface area contributed by atoms with E-state index >= 15 is 0 Å². The summed E-state index contributed by atoms with van der Waals surface area (Å²) >= 11 is 1.28. The SMILES string of the molecule is O=C(O)c1cccnc1SCCc1ccccc1[N+](=O)[O-]. The summed E-state index contributed by atoms with van der Waals surface area (Å²) in [6, 6.07) is 9.59. The van der Waals surface area contributed by atoms with Gasteiger partial charge in [-0.05, 0) is 18.6 Å². The fourth-order valence-corrected chi connectivity index (χ4v) is 2.79. The van der Waals surface area contributed by atoms with Crippen LogP contribution in [0.2, 0.25) is 0 Å². The van der Waals surface area contributed by atoms with Crippen LogP contribution in [-0.4, -0.2) is 26.7 Å². The number of hydrogen-bond donors (Lipinski definition) is 1. The van der Waals surface area contributed by atoms with E-state index in [0.717, 1.165) is 0 Å². The number of nitrogens with zero attached hydrogens (tertiary/aromatic N) is 2. The van der Waals surface area contributed by atoms with Crippen molar-refractivity contribution in [2.75, 3.05) is 5.75 Å². The van der Waals surface area contributed by atoms with E-state index in [1.54, 1.807) is 24.3 Å². The van der Waals surface area contributed by atoms with E-state index in [0.29, 0.717) is 22.8 Å². The quantitative estimate of drug-likeness (QED) is 0.501. The highest BCUT2D eigenvalue weighted by Crippen LogP contribution is 2.24. The van der Waals surface area contributed by atoms with E-state index in [-0.39, 0.29) is 11.3 Å². The number of aromatic nitrogens is 1. The van der Waals surface area contributed by atoms with Gasteiger partial charge in [-0.15, -0.1) is 11.8 Å². The lowest BCUT2D eigenvalue weighted by atomic mass is 10.1. The third-order valence-electron chi connectivity index (χ3n) is 2.80. The summed E-state index contributed by atoms with van der Waals surface area (Å²) in [4.78, 5) is 25.6. The lowest BCUT2D eigenvalue weighted by Crippen LogP contribution is -2.01. The van der Waals surface area contributed by atoms with E-state index < -0.39 is 10.9 Å². The summed E-state index contributed by atoms with van der Waals surface area (Å²) in [6.45, 7) is 0. The molecule has 0 saturated carbocycles. The molecular formula is C14H12N2O4S. The fourth-order valence-electron chi connectivity index (χ4n) is 1.83. The molecule has 1 aromatic carbocycles. The molecule has 0 aliphatic heterocycles. The first-order valence-corrected chi connectivity index (χ1v) is 7.11. The first-order chi connectivity index (χ1) is 10.1. The number of aromatic carboxylic acids is 1. The number of nitro benzene ring substituents is 1. The van der Waals surface area contributed by atoms with Crippen LogP contribution >= 0.6 is 11.8 Å². The Labute approximate surface area is 125 Å². The van der Waals surface area contributed by atoms with Gasteiger partial charge in [0.05, 0.1) is 10.5 Å². The monoisotopic (exact) mass is 304 g/mol. The van der Waals surface area contributed by atoms with Gasteiger partial charge in [-0.2, -0.15) is 0 Å². The smallest absolute Gasteiger partial charge is 0.338 e. The predicted molar refractivity (Wildman–Crippen MR) is 78.7 cm³/mol. The zero-order chi connectivity index (χ0) is 15.2. The minimum atomic E-state index is -1.03. The van der Waals surface area contributed by atoms with E-state index in [1.807, 2.05) is 0 Å². The third kappa shape index (κ3) is 3.79. The average molecular weight is 304 g/mol. The molecule has 6 nitrogen and oxygen atoms in total. The minimum Gasteiger partial charge on any atom is -0.478 e. The number of carboxylic acid groups (broad SMARTS) is 1. The van der Waals surface area contributed by atoms with E-state index in [9.17, 15) is 14.9 Å². The molecule has 0 fully saturated rings. The van der Waals surface area contributed by atoms with Crippen molar-refractivity contribution in [2.45, 2.75) is 11.4 Å².